The molecular formula is C9H15N3S. The molecule has 1 aromatic rings. The minimum absolute atomic E-state index is 0.796. The molecule has 0 saturated carbocycles. The number of hydrogen-bond donors (Lipinski definition) is 1. The molecule has 72 valence electrons. The topological polar surface area (TPSA) is 37.8 Å². The fraction of sp³-hybridized carbons (Fsp3) is 0.778. The minimum Gasteiger partial charge on any atom is -0.316 e. The number of nitrogens with one attached hydrogen (secondary N) is 1. The molecule has 2 heterocycles. The van der Waals surface area contributed by atoms with Gasteiger partial charge >= 0.3 is 0 Å². The van der Waals surface area contributed by atoms with Gasteiger partial charge in [0, 0.05) is 4.88 Å². The van der Waals surface area contributed by atoms with Gasteiger partial charge in [0.2, 0.25) is 0 Å². The van der Waals surface area contributed by atoms with Crippen molar-refractivity contribution in [2.24, 2.45) is 5.92 Å². The van der Waals surface area contributed by atoms with Gasteiger partial charge in [-0.15, -0.1) is 5.10 Å². The van der Waals surface area contributed by atoms with E-state index in [-0.39, 0.29) is 0 Å². The van der Waals surface area contributed by atoms with Crippen molar-refractivity contribution in [3.8, 4) is 0 Å². The van der Waals surface area contributed by atoms with E-state index in [1.165, 1.54) is 42.2 Å². The molecule has 0 radical (unpaired) electrons. The average Bonchev–Trinajstić information content (AvgIpc) is 2.49. The SMILES string of the molecule is c1nnsc1CC1CCCCNC1. The molecule has 1 atom stereocenters. The van der Waals surface area contributed by atoms with Crippen LogP contribution in [0.5, 0.6) is 0 Å². The lowest BCUT2D eigenvalue weighted by Crippen LogP contribution is -2.21. The highest BCUT2D eigenvalue weighted by molar-refractivity contribution is 7.05. The Morgan fingerprint density at radius 2 is 2.54 bits per heavy atom. The summed E-state index contributed by atoms with van der Waals surface area (Å²) in [5.74, 6) is 0.796. The molecule has 0 amide bonds. The zero-order valence-corrected chi connectivity index (χ0v) is 8.52. The molecule has 1 unspecified atom stereocenters. The Morgan fingerprint density at radius 3 is 3.38 bits per heavy atom. The summed E-state index contributed by atoms with van der Waals surface area (Å²) in [6.45, 7) is 2.36. The molecule has 13 heavy (non-hydrogen) atoms. The lowest BCUT2D eigenvalue weighted by molar-refractivity contribution is 0.480. The third-order valence-corrected chi connectivity index (χ3v) is 3.23. The summed E-state index contributed by atoms with van der Waals surface area (Å²) in [7, 11) is 0. The Kier molecular flexibility index (Phi) is 3.27. The van der Waals surface area contributed by atoms with Crippen LogP contribution in [0.15, 0.2) is 6.20 Å². The van der Waals surface area contributed by atoms with E-state index >= 15 is 0 Å². The summed E-state index contributed by atoms with van der Waals surface area (Å²) in [4.78, 5) is 1.33. The smallest absolute Gasteiger partial charge is 0.0653 e. The van der Waals surface area contributed by atoms with Crippen molar-refractivity contribution in [3.05, 3.63) is 11.1 Å². The second-order valence-corrected chi connectivity index (χ2v) is 4.52. The fourth-order valence-corrected chi connectivity index (χ4v) is 2.43. The van der Waals surface area contributed by atoms with Gasteiger partial charge in [0.15, 0.2) is 0 Å². The summed E-state index contributed by atoms with van der Waals surface area (Å²) in [6.07, 6.45) is 7.10. The Labute approximate surface area is 82.7 Å². The first kappa shape index (κ1) is 9.09. The van der Waals surface area contributed by atoms with Crippen LogP contribution in [0, 0.1) is 5.92 Å². The van der Waals surface area contributed by atoms with E-state index in [4.69, 9.17) is 0 Å². The minimum atomic E-state index is 0.796. The van der Waals surface area contributed by atoms with Crippen LogP contribution in [0.25, 0.3) is 0 Å². The van der Waals surface area contributed by atoms with E-state index < -0.39 is 0 Å². The molecule has 3 nitrogen and oxygen atoms in total. The van der Waals surface area contributed by atoms with Crippen molar-refractivity contribution in [3.63, 3.8) is 0 Å². The van der Waals surface area contributed by atoms with E-state index in [1.807, 2.05) is 6.20 Å². The maximum Gasteiger partial charge on any atom is 0.0653 e. The summed E-state index contributed by atoms with van der Waals surface area (Å²) in [6, 6.07) is 0. The van der Waals surface area contributed by atoms with Gasteiger partial charge in [-0.2, -0.15) is 0 Å². The lowest BCUT2D eigenvalue weighted by Gasteiger charge is -2.11. The lowest BCUT2D eigenvalue weighted by atomic mass is 9.99. The van der Waals surface area contributed by atoms with Crippen LogP contribution in [0.2, 0.25) is 0 Å². The molecule has 1 fully saturated rings. The highest BCUT2D eigenvalue weighted by Gasteiger charge is 2.13. The highest BCUT2D eigenvalue weighted by Crippen LogP contribution is 2.17. The standard InChI is InChI=1S/C9H15N3S/c1-2-4-10-6-8(3-1)5-9-7-11-12-13-9/h7-8,10H,1-6H2. The molecule has 0 aliphatic carbocycles. The Hall–Kier alpha value is -0.480. The van der Waals surface area contributed by atoms with Gasteiger partial charge in [0.05, 0.1) is 6.20 Å². The first-order valence-corrected chi connectivity index (χ1v) is 5.69. The van der Waals surface area contributed by atoms with Gasteiger partial charge in [-0.05, 0) is 49.8 Å². The van der Waals surface area contributed by atoms with Gasteiger partial charge in [0.25, 0.3) is 0 Å². The van der Waals surface area contributed by atoms with Crippen LogP contribution < -0.4 is 5.32 Å². The van der Waals surface area contributed by atoms with Gasteiger partial charge in [0.1, 0.15) is 0 Å². The second kappa shape index (κ2) is 4.67. The molecule has 1 saturated heterocycles. The Balaban J connectivity index is 1.86. The van der Waals surface area contributed by atoms with Crippen molar-refractivity contribution >= 4 is 11.5 Å². The van der Waals surface area contributed by atoms with Crippen molar-refractivity contribution in [2.75, 3.05) is 13.1 Å². The third kappa shape index (κ3) is 2.74. The summed E-state index contributed by atoms with van der Waals surface area (Å²) in [5, 5.41) is 7.33. The zero-order valence-electron chi connectivity index (χ0n) is 7.70. The number of aromatic nitrogens is 2. The van der Waals surface area contributed by atoms with E-state index in [2.05, 4.69) is 14.9 Å². The fourth-order valence-electron chi connectivity index (χ4n) is 1.83. The molecule has 2 rings (SSSR count). The molecule has 1 N–H and O–H groups in total. The van der Waals surface area contributed by atoms with Gasteiger partial charge in [-0.1, -0.05) is 10.9 Å². The van der Waals surface area contributed by atoms with E-state index in [1.54, 1.807) is 0 Å². The third-order valence-electron chi connectivity index (χ3n) is 2.55. The molecule has 1 aliphatic heterocycles. The predicted octanol–water partition coefficient (Wildman–Crippen LogP) is 1.47. The van der Waals surface area contributed by atoms with Crippen LogP contribution in [-0.2, 0) is 6.42 Å². The number of hydrogen-bond acceptors (Lipinski definition) is 4. The number of rotatable bonds is 2. The van der Waals surface area contributed by atoms with Gasteiger partial charge in [-0.25, -0.2) is 0 Å². The van der Waals surface area contributed by atoms with E-state index in [9.17, 15) is 0 Å². The van der Waals surface area contributed by atoms with Crippen LogP contribution in [-0.4, -0.2) is 22.7 Å². The Bertz CT molecular complexity index is 227. The summed E-state index contributed by atoms with van der Waals surface area (Å²) in [5.41, 5.74) is 0. The molecule has 0 bridgehead atoms. The molecule has 1 aliphatic rings. The Morgan fingerprint density at radius 1 is 1.54 bits per heavy atom. The second-order valence-electron chi connectivity index (χ2n) is 3.65. The van der Waals surface area contributed by atoms with E-state index in [0.717, 1.165) is 18.9 Å². The molecule has 0 spiro atoms. The van der Waals surface area contributed by atoms with Gasteiger partial charge < -0.3 is 5.32 Å². The highest BCUT2D eigenvalue weighted by atomic mass is 32.1. The van der Waals surface area contributed by atoms with Crippen molar-refractivity contribution in [1.82, 2.24) is 14.9 Å². The number of nitrogens with zero attached hydrogens (tertiary/aromatic N) is 2. The normalized spacial score (nSPS) is 24.2. The summed E-state index contributed by atoms with van der Waals surface area (Å²) < 4.78 is 3.88. The van der Waals surface area contributed by atoms with E-state index in [0.29, 0.717) is 0 Å². The predicted molar refractivity (Wildman–Crippen MR) is 53.8 cm³/mol. The van der Waals surface area contributed by atoms with Crippen LogP contribution in [0.1, 0.15) is 24.1 Å². The zero-order chi connectivity index (χ0) is 8.93. The summed E-state index contributed by atoms with van der Waals surface area (Å²) >= 11 is 1.53. The molecule has 4 heteroatoms. The maximum absolute atomic E-state index is 3.88. The first-order chi connectivity index (χ1) is 6.45. The van der Waals surface area contributed by atoms with Crippen molar-refractivity contribution < 1.29 is 0 Å². The monoisotopic (exact) mass is 197 g/mol. The molecule has 0 aromatic carbocycles. The van der Waals surface area contributed by atoms with Crippen molar-refractivity contribution in [2.45, 2.75) is 25.7 Å². The van der Waals surface area contributed by atoms with Crippen LogP contribution >= 0.6 is 11.5 Å². The molecule has 1 aromatic heterocycles. The van der Waals surface area contributed by atoms with Crippen LogP contribution in [0.3, 0.4) is 0 Å². The van der Waals surface area contributed by atoms with Gasteiger partial charge in [-0.3, -0.25) is 0 Å². The average molecular weight is 197 g/mol. The maximum atomic E-state index is 3.88. The quantitative estimate of drug-likeness (QED) is 0.780. The van der Waals surface area contributed by atoms with Crippen LogP contribution in [0.4, 0.5) is 0 Å². The molecular weight excluding hydrogens is 182 g/mol. The largest absolute Gasteiger partial charge is 0.316 e. The van der Waals surface area contributed by atoms with Crippen molar-refractivity contribution in [1.29, 1.82) is 0 Å². The first-order valence-electron chi connectivity index (χ1n) is 4.92.